The Hall–Kier alpha value is -1.75. The third-order valence-corrected chi connectivity index (χ3v) is 5.02. The molecule has 2 heterocycles. The van der Waals surface area contributed by atoms with Crippen molar-refractivity contribution in [3.8, 4) is 5.75 Å². The van der Waals surface area contributed by atoms with Gasteiger partial charge >= 0.3 is 0 Å². The number of anilines is 1. The Kier molecular flexibility index (Phi) is 4.76. The van der Waals surface area contributed by atoms with Crippen LogP contribution in [0.1, 0.15) is 26.7 Å². The summed E-state index contributed by atoms with van der Waals surface area (Å²) < 4.78 is 0. The number of piperidine rings is 1. The number of nitrogens with zero attached hydrogens (tertiary/aromatic N) is 3. The number of amides is 1. The Morgan fingerprint density at radius 3 is 2.52 bits per heavy atom. The first-order chi connectivity index (χ1) is 11.1. The maximum absolute atomic E-state index is 12.7. The van der Waals surface area contributed by atoms with Crippen LogP contribution >= 0.6 is 0 Å². The molecule has 0 bridgehead atoms. The zero-order valence-corrected chi connectivity index (χ0v) is 14.1. The molecule has 2 saturated heterocycles. The second-order valence-corrected chi connectivity index (χ2v) is 6.83. The van der Waals surface area contributed by atoms with Gasteiger partial charge in [0.05, 0.1) is 6.04 Å². The summed E-state index contributed by atoms with van der Waals surface area (Å²) >= 11 is 0. The molecule has 2 aliphatic heterocycles. The number of likely N-dealkylation sites (tertiary alicyclic amines) is 1. The maximum atomic E-state index is 12.7. The van der Waals surface area contributed by atoms with Crippen molar-refractivity contribution in [1.82, 2.24) is 9.80 Å². The topological polar surface area (TPSA) is 47.0 Å². The summed E-state index contributed by atoms with van der Waals surface area (Å²) in [6.07, 6.45) is 2.08. The molecule has 1 amide bonds. The van der Waals surface area contributed by atoms with Gasteiger partial charge in [-0.3, -0.25) is 9.69 Å². The standard InChI is InChI=1S/C18H27N3O2/c1-14(2)21-8-4-7-17(18(21)23)20-11-9-19(10-12-20)15-5-3-6-16(22)13-15/h3,5-6,13-14,17,22H,4,7-12H2,1-2H3. The quantitative estimate of drug-likeness (QED) is 0.925. The van der Waals surface area contributed by atoms with Gasteiger partial charge in [-0.15, -0.1) is 0 Å². The van der Waals surface area contributed by atoms with Gasteiger partial charge in [0.2, 0.25) is 5.91 Å². The van der Waals surface area contributed by atoms with Gasteiger partial charge in [-0.2, -0.15) is 0 Å². The summed E-state index contributed by atoms with van der Waals surface area (Å²) in [6, 6.07) is 7.75. The first kappa shape index (κ1) is 16.1. The van der Waals surface area contributed by atoms with E-state index in [9.17, 15) is 9.90 Å². The molecule has 5 heteroatoms. The van der Waals surface area contributed by atoms with Crippen LogP contribution in [0.25, 0.3) is 0 Å². The Labute approximate surface area is 138 Å². The van der Waals surface area contributed by atoms with E-state index in [1.54, 1.807) is 6.07 Å². The molecule has 0 aromatic heterocycles. The lowest BCUT2D eigenvalue weighted by atomic mass is 10.0. The molecule has 3 rings (SSSR count). The van der Waals surface area contributed by atoms with Crippen LogP contribution < -0.4 is 4.90 Å². The first-order valence-corrected chi connectivity index (χ1v) is 8.65. The SMILES string of the molecule is CC(C)N1CCCC(N2CCN(c3cccc(O)c3)CC2)C1=O. The number of hydrogen-bond acceptors (Lipinski definition) is 4. The summed E-state index contributed by atoms with van der Waals surface area (Å²) in [6.45, 7) is 8.69. The van der Waals surface area contributed by atoms with Crippen LogP contribution in [0.5, 0.6) is 5.75 Å². The normalized spacial score (nSPS) is 23.6. The summed E-state index contributed by atoms with van der Waals surface area (Å²) in [4.78, 5) is 19.3. The third-order valence-electron chi connectivity index (χ3n) is 5.02. The van der Waals surface area contributed by atoms with Gasteiger partial charge in [-0.1, -0.05) is 6.07 Å². The van der Waals surface area contributed by atoms with E-state index in [1.165, 1.54) is 0 Å². The Bertz CT molecular complexity index is 553. The number of benzene rings is 1. The molecule has 0 spiro atoms. The van der Waals surface area contributed by atoms with E-state index >= 15 is 0 Å². The molecule has 1 N–H and O–H groups in total. The first-order valence-electron chi connectivity index (χ1n) is 8.65. The zero-order valence-electron chi connectivity index (χ0n) is 14.1. The highest BCUT2D eigenvalue weighted by molar-refractivity contribution is 5.83. The molecule has 23 heavy (non-hydrogen) atoms. The van der Waals surface area contributed by atoms with Gasteiger partial charge in [0.1, 0.15) is 5.75 Å². The van der Waals surface area contributed by atoms with Crippen LogP contribution in [0.2, 0.25) is 0 Å². The van der Waals surface area contributed by atoms with Crippen LogP contribution in [0.4, 0.5) is 5.69 Å². The molecule has 2 fully saturated rings. The third kappa shape index (κ3) is 3.44. The highest BCUT2D eigenvalue weighted by atomic mass is 16.3. The van der Waals surface area contributed by atoms with E-state index in [1.807, 2.05) is 23.1 Å². The van der Waals surface area contributed by atoms with Crippen molar-refractivity contribution in [2.24, 2.45) is 0 Å². The number of rotatable bonds is 3. The van der Waals surface area contributed by atoms with Gasteiger partial charge in [-0.05, 0) is 38.8 Å². The van der Waals surface area contributed by atoms with Crippen LogP contribution in [0.15, 0.2) is 24.3 Å². The van der Waals surface area contributed by atoms with Crippen molar-refractivity contribution in [2.45, 2.75) is 38.8 Å². The average molecular weight is 317 g/mol. The zero-order chi connectivity index (χ0) is 16.4. The lowest BCUT2D eigenvalue weighted by Crippen LogP contribution is -2.58. The minimum Gasteiger partial charge on any atom is -0.508 e. The molecule has 5 nitrogen and oxygen atoms in total. The highest BCUT2D eigenvalue weighted by Gasteiger charge is 2.35. The predicted octanol–water partition coefficient (Wildman–Crippen LogP) is 1.91. The number of hydrogen-bond donors (Lipinski definition) is 1. The van der Waals surface area contributed by atoms with Crippen molar-refractivity contribution in [3.63, 3.8) is 0 Å². The molecule has 1 aromatic carbocycles. The second kappa shape index (κ2) is 6.79. The van der Waals surface area contributed by atoms with Gasteiger partial charge in [0, 0.05) is 50.5 Å². The van der Waals surface area contributed by atoms with E-state index in [4.69, 9.17) is 0 Å². The van der Waals surface area contributed by atoms with Gasteiger partial charge in [-0.25, -0.2) is 0 Å². The smallest absolute Gasteiger partial charge is 0.240 e. The number of piperazine rings is 1. The number of carbonyl (C=O) groups is 1. The molecule has 0 aliphatic carbocycles. The summed E-state index contributed by atoms with van der Waals surface area (Å²) in [5.74, 6) is 0.608. The predicted molar refractivity (Wildman–Crippen MR) is 91.8 cm³/mol. The van der Waals surface area contributed by atoms with Crippen LogP contribution in [0.3, 0.4) is 0 Å². The molecule has 0 radical (unpaired) electrons. The molecule has 1 unspecified atom stereocenters. The number of phenolic OH excluding ortho intramolecular Hbond substituents is 1. The molecule has 1 atom stereocenters. The van der Waals surface area contributed by atoms with E-state index in [2.05, 4.69) is 23.6 Å². The molecule has 1 aromatic rings. The Morgan fingerprint density at radius 2 is 1.87 bits per heavy atom. The van der Waals surface area contributed by atoms with E-state index in [0.29, 0.717) is 17.7 Å². The van der Waals surface area contributed by atoms with Gasteiger partial charge in [0.25, 0.3) is 0 Å². The average Bonchev–Trinajstić information content (AvgIpc) is 2.55. The van der Waals surface area contributed by atoms with Crippen molar-refractivity contribution in [1.29, 1.82) is 0 Å². The lowest BCUT2D eigenvalue weighted by Gasteiger charge is -2.44. The van der Waals surface area contributed by atoms with E-state index in [0.717, 1.165) is 51.3 Å². The van der Waals surface area contributed by atoms with Crippen LogP contribution in [0, 0.1) is 0 Å². The van der Waals surface area contributed by atoms with Crippen molar-refractivity contribution < 1.29 is 9.90 Å². The van der Waals surface area contributed by atoms with Gasteiger partial charge < -0.3 is 14.9 Å². The van der Waals surface area contributed by atoms with E-state index in [-0.39, 0.29) is 6.04 Å². The second-order valence-electron chi connectivity index (χ2n) is 6.83. The fourth-order valence-electron chi connectivity index (χ4n) is 3.71. The minimum atomic E-state index is 0.0532. The minimum absolute atomic E-state index is 0.0532. The Balaban J connectivity index is 1.61. The fraction of sp³-hybridized carbons (Fsp3) is 0.611. The summed E-state index contributed by atoms with van der Waals surface area (Å²) in [5, 5.41) is 9.63. The van der Waals surface area contributed by atoms with Crippen molar-refractivity contribution in [3.05, 3.63) is 24.3 Å². The van der Waals surface area contributed by atoms with E-state index < -0.39 is 0 Å². The number of aromatic hydroxyl groups is 1. The van der Waals surface area contributed by atoms with Gasteiger partial charge in [0.15, 0.2) is 0 Å². The molecular formula is C18H27N3O2. The largest absolute Gasteiger partial charge is 0.508 e. The van der Waals surface area contributed by atoms with Crippen LogP contribution in [-0.2, 0) is 4.79 Å². The highest BCUT2D eigenvalue weighted by Crippen LogP contribution is 2.24. The molecule has 0 saturated carbocycles. The number of carbonyl (C=O) groups excluding carboxylic acids is 1. The number of phenols is 1. The van der Waals surface area contributed by atoms with Crippen molar-refractivity contribution >= 4 is 11.6 Å². The molecule has 126 valence electrons. The summed E-state index contributed by atoms with van der Waals surface area (Å²) in [5.41, 5.74) is 1.06. The molecular weight excluding hydrogens is 290 g/mol. The van der Waals surface area contributed by atoms with Crippen molar-refractivity contribution in [2.75, 3.05) is 37.6 Å². The fourth-order valence-corrected chi connectivity index (χ4v) is 3.71. The Morgan fingerprint density at radius 1 is 1.13 bits per heavy atom. The maximum Gasteiger partial charge on any atom is 0.240 e. The molecule has 2 aliphatic rings. The monoisotopic (exact) mass is 317 g/mol. The lowest BCUT2D eigenvalue weighted by molar-refractivity contribution is -0.142. The summed E-state index contributed by atoms with van der Waals surface area (Å²) in [7, 11) is 0. The van der Waals surface area contributed by atoms with Crippen LogP contribution in [-0.4, -0.2) is 65.6 Å².